The lowest BCUT2D eigenvalue weighted by molar-refractivity contribution is -0.128. The second-order valence-electron chi connectivity index (χ2n) is 3.14. The number of rotatable bonds is 3. The number of halogens is 2. The van der Waals surface area contributed by atoms with Crippen LogP contribution in [0, 0.1) is 0 Å². The van der Waals surface area contributed by atoms with Gasteiger partial charge in [-0.15, -0.1) is 11.3 Å². The zero-order valence-corrected chi connectivity index (χ0v) is 10.3. The Hall–Kier alpha value is -0.250. The number of amides is 1. The van der Waals surface area contributed by atoms with E-state index in [0.29, 0.717) is 21.5 Å². The highest BCUT2D eigenvalue weighted by atomic mass is 35.5. The van der Waals surface area contributed by atoms with E-state index in [2.05, 4.69) is 0 Å². The first-order valence-corrected chi connectivity index (χ1v) is 5.72. The maximum Gasteiger partial charge on any atom is 0.222 e. The van der Waals surface area contributed by atoms with Gasteiger partial charge in [-0.3, -0.25) is 4.79 Å². The van der Waals surface area contributed by atoms with Gasteiger partial charge in [0.25, 0.3) is 0 Å². The summed E-state index contributed by atoms with van der Waals surface area (Å²) in [7, 11) is 3.48. The van der Waals surface area contributed by atoms with Crippen LogP contribution in [-0.4, -0.2) is 24.9 Å². The molecule has 0 spiro atoms. The summed E-state index contributed by atoms with van der Waals surface area (Å²) >= 11 is 13.0. The van der Waals surface area contributed by atoms with Crippen LogP contribution in [-0.2, 0) is 11.2 Å². The van der Waals surface area contributed by atoms with Crippen molar-refractivity contribution in [3.63, 3.8) is 0 Å². The predicted molar refractivity (Wildman–Crippen MR) is 61.4 cm³/mol. The molecule has 0 saturated carbocycles. The first kappa shape index (κ1) is 11.8. The minimum absolute atomic E-state index is 0.100. The lowest BCUT2D eigenvalue weighted by Gasteiger charge is -2.09. The van der Waals surface area contributed by atoms with Crippen LogP contribution < -0.4 is 0 Å². The number of hydrogen-bond acceptors (Lipinski definition) is 2. The van der Waals surface area contributed by atoms with Crippen molar-refractivity contribution in [2.75, 3.05) is 14.1 Å². The molecule has 0 aliphatic heterocycles. The predicted octanol–water partition coefficient (Wildman–Crippen LogP) is 3.08. The molecule has 0 aromatic carbocycles. The van der Waals surface area contributed by atoms with E-state index in [1.54, 1.807) is 19.0 Å². The number of thiophene rings is 1. The molecule has 78 valence electrons. The Labute approximate surface area is 97.4 Å². The van der Waals surface area contributed by atoms with E-state index in [1.165, 1.54) is 11.3 Å². The fraction of sp³-hybridized carbons (Fsp3) is 0.444. The van der Waals surface area contributed by atoms with Crippen molar-refractivity contribution >= 4 is 40.4 Å². The summed E-state index contributed by atoms with van der Waals surface area (Å²) in [4.78, 5) is 12.9. The summed E-state index contributed by atoms with van der Waals surface area (Å²) < 4.78 is 1.35. The molecule has 5 heteroatoms. The van der Waals surface area contributed by atoms with Crippen molar-refractivity contribution < 1.29 is 4.79 Å². The van der Waals surface area contributed by atoms with Gasteiger partial charge in [-0.05, 0) is 18.1 Å². The van der Waals surface area contributed by atoms with Gasteiger partial charge in [-0.1, -0.05) is 23.2 Å². The van der Waals surface area contributed by atoms with Crippen molar-refractivity contribution in [1.82, 2.24) is 4.90 Å². The van der Waals surface area contributed by atoms with Crippen molar-refractivity contribution in [1.29, 1.82) is 0 Å². The average Bonchev–Trinajstić information content (AvgIpc) is 2.40. The summed E-state index contributed by atoms with van der Waals surface area (Å²) in [6, 6.07) is 1.82. The molecule has 0 aliphatic carbocycles. The Bertz CT molecular complexity index is 336. The van der Waals surface area contributed by atoms with Crippen LogP contribution in [0.1, 0.15) is 12.0 Å². The molecule has 2 nitrogen and oxygen atoms in total. The Kier molecular flexibility index (Phi) is 4.23. The summed E-state index contributed by atoms with van der Waals surface area (Å²) in [6.07, 6.45) is 1.12. The number of hydrogen-bond donors (Lipinski definition) is 0. The molecule has 0 radical (unpaired) electrons. The van der Waals surface area contributed by atoms with E-state index >= 15 is 0 Å². The van der Waals surface area contributed by atoms with Crippen LogP contribution in [0.5, 0.6) is 0 Å². The van der Waals surface area contributed by atoms with Crippen LogP contribution in [0.4, 0.5) is 0 Å². The molecule has 0 atom stereocenters. The molecule has 0 fully saturated rings. The molecular weight excluding hydrogens is 241 g/mol. The van der Waals surface area contributed by atoms with Gasteiger partial charge in [-0.2, -0.15) is 0 Å². The third-order valence-corrected chi connectivity index (χ3v) is 3.40. The maximum atomic E-state index is 11.3. The average molecular weight is 252 g/mol. The Balaban J connectivity index is 2.54. The summed E-state index contributed by atoms with van der Waals surface area (Å²) in [5.41, 5.74) is 0.955. The van der Waals surface area contributed by atoms with E-state index in [9.17, 15) is 4.79 Å². The standard InChI is InChI=1S/C9H11Cl2NOS/c1-12(2)8(13)4-3-6-5-7(10)14-9(6)11/h5H,3-4H2,1-2H3. The van der Waals surface area contributed by atoms with Gasteiger partial charge in [0, 0.05) is 20.5 Å². The van der Waals surface area contributed by atoms with Crippen molar-refractivity contribution in [2.24, 2.45) is 0 Å². The summed E-state index contributed by atoms with van der Waals surface area (Å²) in [6.45, 7) is 0. The van der Waals surface area contributed by atoms with Crippen molar-refractivity contribution in [3.05, 3.63) is 20.3 Å². The first-order chi connectivity index (χ1) is 6.50. The second kappa shape index (κ2) is 5.01. The SMILES string of the molecule is CN(C)C(=O)CCc1cc(Cl)sc1Cl. The maximum absolute atomic E-state index is 11.3. The van der Waals surface area contributed by atoms with Gasteiger partial charge in [0.2, 0.25) is 5.91 Å². The smallest absolute Gasteiger partial charge is 0.222 e. The zero-order chi connectivity index (χ0) is 10.7. The van der Waals surface area contributed by atoms with E-state index in [1.807, 2.05) is 6.07 Å². The van der Waals surface area contributed by atoms with Gasteiger partial charge >= 0.3 is 0 Å². The summed E-state index contributed by atoms with van der Waals surface area (Å²) in [5, 5.41) is 0. The molecular formula is C9H11Cl2NOS. The minimum atomic E-state index is 0.100. The van der Waals surface area contributed by atoms with Crippen LogP contribution in [0.25, 0.3) is 0 Å². The van der Waals surface area contributed by atoms with Crippen molar-refractivity contribution in [3.8, 4) is 0 Å². The molecule has 0 bridgehead atoms. The first-order valence-electron chi connectivity index (χ1n) is 4.14. The van der Waals surface area contributed by atoms with E-state index in [0.717, 1.165) is 5.56 Å². The van der Waals surface area contributed by atoms with E-state index in [4.69, 9.17) is 23.2 Å². The molecule has 1 heterocycles. The lowest BCUT2D eigenvalue weighted by Crippen LogP contribution is -2.21. The highest BCUT2D eigenvalue weighted by molar-refractivity contribution is 7.20. The van der Waals surface area contributed by atoms with E-state index in [-0.39, 0.29) is 5.91 Å². The highest BCUT2D eigenvalue weighted by Gasteiger charge is 2.09. The van der Waals surface area contributed by atoms with Gasteiger partial charge in [0.1, 0.15) is 0 Å². The number of nitrogens with zero attached hydrogens (tertiary/aromatic N) is 1. The van der Waals surface area contributed by atoms with Gasteiger partial charge in [-0.25, -0.2) is 0 Å². The highest BCUT2D eigenvalue weighted by Crippen LogP contribution is 2.31. The van der Waals surface area contributed by atoms with Gasteiger partial charge < -0.3 is 4.90 Å². The Morgan fingerprint density at radius 3 is 2.57 bits per heavy atom. The summed E-state index contributed by atoms with van der Waals surface area (Å²) in [5.74, 6) is 0.100. The monoisotopic (exact) mass is 251 g/mol. The fourth-order valence-corrected chi connectivity index (χ4v) is 2.55. The van der Waals surface area contributed by atoms with Crippen LogP contribution in [0.2, 0.25) is 8.67 Å². The number of carbonyl (C=O) groups excluding carboxylic acids is 1. The molecule has 0 unspecified atom stereocenters. The zero-order valence-electron chi connectivity index (χ0n) is 8.01. The molecule has 1 aromatic rings. The molecule has 0 N–H and O–H groups in total. The second-order valence-corrected chi connectivity index (χ2v) is 5.42. The molecule has 1 rings (SSSR count). The van der Waals surface area contributed by atoms with Gasteiger partial charge in [0.15, 0.2) is 0 Å². The minimum Gasteiger partial charge on any atom is -0.349 e. The Morgan fingerprint density at radius 2 is 2.14 bits per heavy atom. The van der Waals surface area contributed by atoms with Gasteiger partial charge in [0.05, 0.1) is 8.67 Å². The van der Waals surface area contributed by atoms with Crippen LogP contribution in [0.15, 0.2) is 6.07 Å². The molecule has 0 saturated heterocycles. The normalized spacial score (nSPS) is 10.3. The topological polar surface area (TPSA) is 20.3 Å². The lowest BCUT2D eigenvalue weighted by atomic mass is 10.2. The van der Waals surface area contributed by atoms with Crippen molar-refractivity contribution in [2.45, 2.75) is 12.8 Å². The van der Waals surface area contributed by atoms with E-state index < -0.39 is 0 Å². The molecule has 14 heavy (non-hydrogen) atoms. The molecule has 1 aromatic heterocycles. The number of aryl methyl sites for hydroxylation is 1. The number of carbonyl (C=O) groups is 1. The van der Waals surface area contributed by atoms with Crippen LogP contribution >= 0.6 is 34.5 Å². The Morgan fingerprint density at radius 1 is 1.50 bits per heavy atom. The third kappa shape index (κ3) is 3.15. The van der Waals surface area contributed by atoms with Crippen LogP contribution in [0.3, 0.4) is 0 Å². The molecule has 0 aliphatic rings. The largest absolute Gasteiger partial charge is 0.349 e. The third-order valence-electron chi connectivity index (χ3n) is 1.83. The fourth-order valence-electron chi connectivity index (χ4n) is 1.01. The molecule has 1 amide bonds. The quantitative estimate of drug-likeness (QED) is 0.809.